The normalized spacial score (nSPS) is 13.9. The van der Waals surface area contributed by atoms with Crippen molar-refractivity contribution in [2.75, 3.05) is 45.3 Å². The number of para-hydroxylation sites is 2. The van der Waals surface area contributed by atoms with Crippen LogP contribution in [0.5, 0.6) is 17.2 Å². The van der Waals surface area contributed by atoms with Gasteiger partial charge in [-0.1, -0.05) is 18.2 Å². The Balaban J connectivity index is 1.53. The van der Waals surface area contributed by atoms with Gasteiger partial charge in [0.25, 0.3) is 0 Å². The molecule has 0 spiro atoms. The second kappa shape index (κ2) is 10.00. The van der Waals surface area contributed by atoms with Crippen LogP contribution < -0.4 is 24.4 Å². The van der Waals surface area contributed by atoms with Crippen molar-refractivity contribution in [3.8, 4) is 17.2 Å². The predicted molar refractivity (Wildman–Crippen MR) is 109 cm³/mol. The lowest BCUT2D eigenvalue weighted by atomic mass is 10.2. The van der Waals surface area contributed by atoms with Crippen molar-refractivity contribution in [2.24, 2.45) is 0 Å². The number of carbonyl (C=O) groups is 1. The molecule has 30 heavy (non-hydrogen) atoms. The molecule has 1 saturated heterocycles. The van der Waals surface area contributed by atoms with Crippen molar-refractivity contribution in [2.45, 2.75) is 13.2 Å². The molecule has 0 aromatic heterocycles. The van der Waals surface area contributed by atoms with Crippen LogP contribution in [0.2, 0.25) is 0 Å². The lowest BCUT2D eigenvalue weighted by Crippen LogP contribution is -2.51. The number of urea groups is 1. The molecule has 1 aliphatic rings. The average Bonchev–Trinajstić information content (AvgIpc) is 2.77. The van der Waals surface area contributed by atoms with E-state index in [1.165, 1.54) is 13.2 Å². The molecule has 2 aromatic rings. The smallest absolute Gasteiger partial charge is 0.387 e. The van der Waals surface area contributed by atoms with E-state index in [0.717, 1.165) is 17.0 Å². The van der Waals surface area contributed by atoms with E-state index in [1.807, 2.05) is 24.3 Å². The van der Waals surface area contributed by atoms with Crippen molar-refractivity contribution >= 4 is 11.7 Å². The van der Waals surface area contributed by atoms with E-state index in [2.05, 4.69) is 15.0 Å². The Morgan fingerprint density at radius 1 is 1.00 bits per heavy atom. The highest BCUT2D eigenvalue weighted by Gasteiger charge is 2.22. The van der Waals surface area contributed by atoms with E-state index in [0.29, 0.717) is 26.2 Å². The first kappa shape index (κ1) is 21.5. The third-order valence-corrected chi connectivity index (χ3v) is 4.88. The number of piperazine rings is 1. The van der Waals surface area contributed by atoms with Crippen LogP contribution in [0.4, 0.5) is 19.3 Å². The summed E-state index contributed by atoms with van der Waals surface area (Å²) in [6.07, 6.45) is 0. The number of rotatable bonds is 7. The molecule has 162 valence electrons. The molecule has 1 heterocycles. The predicted octanol–water partition coefficient (Wildman–Crippen LogP) is 3.34. The molecule has 9 heteroatoms. The van der Waals surface area contributed by atoms with Crippen LogP contribution in [-0.2, 0) is 6.54 Å². The highest BCUT2D eigenvalue weighted by atomic mass is 19.3. The number of hydrogen-bond acceptors (Lipinski definition) is 5. The third kappa shape index (κ3) is 5.22. The van der Waals surface area contributed by atoms with E-state index in [1.54, 1.807) is 24.1 Å². The Morgan fingerprint density at radius 2 is 1.70 bits per heavy atom. The number of halogens is 2. The molecule has 0 unspecified atom stereocenters. The average molecular weight is 421 g/mol. The number of nitrogens with zero attached hydrogens (tertiary/aromatic N) is 2. The highest BCUT2D eigenvalue weighted by Crippen LogP contribution is 2.30. The number of methoxy groups -OCH3 is 2. The van der Waals surface area contributed by atoms with Crippen molar-refractivity contribution < 1.29 is 27.8 Å². The first-order chi connectivity index (χ1) is 14.5. The Morgan fingerprint density at radius 3 is 2.37 bits per heavy atom. The van der Waals surface area contributed by atoms with Crippen LogP contribution in [0, 0.1) is 0 Å². The van der Waals surface area contributed by atoms with Gasteiger partial charge in [0.15, 0.2) is 11.5 Å². The molecule has 0 radical (unpaired) electrons. The summed E-state index contributed by atoms with van der Waals surface area (Å²) >= 11 is 0. The van der Waals surface area contributed by atoms with Crippen LogP contribution in [0.25, 0.3) is 0 Å². The number of alkyl halides is 2. The van der Waals surface area contributed by atoms with Gasteiger partial charge in [-0.25, -0.2) is 4.79 Å². The lowest BCUT2D eigenvalue weighted by Gasteiger charge is -2.36. The summed E-state index contributed by atoms with van der Waals surface area (Å²) in [4.78, 5) is 16.5. The van der Waals surface area contributed by atoms with E-state index >= 15 is 0 Å². The fourth-order valence-electron chi connectivity index (χ4n) is 3.35. The van der Waals surface area contributed by atoms with Gasteiger partial charge in [0.05, 0.1) is 19.9 Å². The summed E-state index contributed by atoms with van der Waals surface area (Å²) in [5, 5.41) is 2.86. The molecule has 0 aliphatic carbocycles. The Kier molecular flexibility index (Phi) is 7.16. The van der Waals surface area contributed by atoms with Crippen molar-refractivity contribution in [3.63, 3.8) is 0 Å². The number of anilines is 1. The SMILES string of the molecule is COc1cc(CNC(=O)N2CCN(c3ccccc3OC)CC2)ccc1OC(F)F. The summed E-state index contributed by atoms with van der Waals surface area (Å²) in [5.74, 6) is 0.950. The summed E-state index contributed by atoms with van der Waals surface area (Å²) in [7, 11) is 3.01. The lowest BCUT2D eigenvalue weighted by molar-refractivity contribution is -0.0512. The molecule has 1 aliphatic heterocycles. The second-order valence-corrected chi connectivity index (χ2v) is 6.67. The van der Waals surface area contributed by atoms with Gasteiger partial charge in [0, 0.05) is 32.7 Å². The molecular weight excluding hydrogens is 396 g/mol. The number of carbonyl (C=O) groups excluding carboxylic acids is 1. The maximum absolute atomic E-state index is 12.5. The van der Waals surface area contributed by atoms with Crippen LogP contribution in [0.15, 0.2) is 42.5 Å². The quantitative estimate of drug-likeness (QED) is 0.743. The number of amides is 2. The van der Waals surface area contributed by atoms with Gasteiger partial charge in [-0.15, -0.1) is 0 Å². The van der Waals surface area contributed by atoms with Gasteiger partial charge in [-0.2, -0.15) is 8.78 Å². The van der Waals surface area contributed by atoms with E-state index in [4.69, 9.17) is 9.47 Å². The number of benzene rings is 2. The van der Waals surface area contributed by atoms with Gasteiger partial charge in [0.1, 0.15) is 5.75 Å². The Hall–Kier alpha value is -3.23. The molecule has 0 bridgehead atoms. The molecule has 1 fully saturated rings. The van der Waals surface area contributed by atoms with E-state index in [9.17, 15) is 13.6 Å². The third-order valence-electron chi connectivity index (χ3n) is 4.88. The monoisotopic (exact) mass is 421 g/mol. The standard InChI is InChI=1S/C21H25F2N3O4/c1-28-17-6-4-3-5-16(17)25-9-11-26(12-10-25)21(27)24-14-15-7-8-18(30-20(22)23)19(13-15)29-2/h3-8,13,20H,9-12,14H2,1-2H3,(H,24,27). The molecule has 0 saturated carbocycles. The van der Waals surface area contributed by atoms with Crippen molar-refractivity contribution in [1.29, 1.82) is 0 Å². The molecule has 3 rings (SSSR count). The van der Waals surface area contributed by atoms with E-state index in [-0.39, 0.29) is 24.1 Å². The summed E-state index contributed by atoms with van der Waals surface area (Å²) in [6.45, 7) is -0.138. The molecule has 0 atom stereocenters. The zero-order valence-corrected chi connectivity index (χ0v) is 16.9. The number of ether oxygens (including phenoxy) is 3. The van der Waals surface area contributed by atoms with Gasteiger partial charge in [0.2, 0.25) is 0 Å². The first-order valence-corrected chi connectivity index (χ1v) is 9.54. The van der Waals surface area contributed by atoms with Crippen LogP contribution in [-0.4, -0.2) is 57.9 Å². The number of hydrogen-bond donors (Lipinski definition) is 1. The topological polar surface area (TPSA) is 63.3 Å². The van der Waals surface area contributed by atoms with Crippen LogP contribution >= 0.6 is 0 Å². The first-order valence-electron chi connectivity index (χ1n) is 9.54. The van der Waals surface area contributed by atoms with Crippen molar-refractivity contribution in [1.82, 2.24) is 10.2 Å². The molecule has 7 nitrogen and oxygen atoms in total. The van der Waals surface area contributed by atoms with Crippen LogP contribution in [0.1, 0.15) is 5.56 Å². The van der Waals surface area contributed by atoms with Crippen LogP contribution in [0.3, 0.4) is 0 Å². The molecular formula is C21H25F2N3O4. The fraction of sp³-hybridized carbons (Fsp3) is 0.381. The minimum absolute atomic E-state index is 0.0463. The summed E-state index contributed by atoms with van der Waals surface area (Å²) in [6, 6.07) is 12.2. The van der Waals surface area contributed by atoms with E-state index < -0.39 is 6.61 Å². The summed E-state index contributed by atoms with van der Waals surface area (Å²) < 4.78 is 39.8. The molecule has 2 amide bonds. The Bertz CT molecular complexity index is 858. The van der Waals surface area contributed by atoms with Gasteiger partial charge in [-0.05, 0) is 29.8 Å². The zero-order chi connectivity index (χ0) is 21.5. The minimum atomic E-state index is -2.93. The molecule has 1 N–H and O–H groups in total. The van der Waals surface area contributed by atoms with Crippen molar-refractivity contribution in [3.05, 3.63) is 48.0 Å². The number of nitrogens with one attached hydrogen (secondary N) is 1. The minimum Gasteiger partial charge on any atom is -0.495 e. The largest absolute Gasteiger partial charge is 0.495 e. The fourth-order valence-corrected chi connectivity index (χ4v) is 3.35. The van der Waals surface area contributed by atoms with Gasteiger partial charge in [-0.3, -0.25) is 0 Å². The molecule has 2 aromatic carbocycles. The maximum Gasteiger partial charge on any atom is 0.387 e. The maximum atomic E-state index is 12.5. The highest BCUT2D eigenvalue weighted by molar-refractivity contribution is 5.74. The van der Waals surface area contributed by atoms with Gasteiger partial charge >= 0.3 is 12.6 Å². The second-order valence-electron chi connectivity index (χ2n) is 6.67. The van der Waals surface area contributed by atoms with Gasteiger partial charge < -0.3 is 29.3 Å². The zero-order valence-electron chi connectivity index (χ0n) is 16.9. The summed E-state index contributed by atoms with van der Waals surface area (Å²) in [5.41, 5.74) is 1.73. The Labute approximate surface area is 174 Å².